The highest BCUT2D eigenvalue weighted by molar-refractivity contribution is 5.89. The Morgan fingerprint density at radius 3 is 1.81 bits per heavy atom. The fourth-order valence-electron chi connectivity index (χ4n) is 4.72. The molecule has 0 radical (unpaired) electrons. The van der Waals surface area contributed by atoms with Crippen LogP contribution in [0.3, 0.4) is 0 Å². The molecule has 0 amide bonds. The van der Waals surface area contributed by atoms with Crippen molar-refractivity contribution >= 4 is 18.3 Å². The van der Waals surface area contributed by atoms with Crippen molar-refractivity contribution in [3.05, 3.63) is 83.9 Å². The third-order valence-electron chi connectivity index (χ3n) is 6.62. The topological polar surface area (TPSA) is 90.2 Å². The number of nitrogens with zero attached hydrogens (tertiary/aromatic N) is 2. The molecule has 1 aliphatic rings. The molecular formula is C31H42N2O4. The van der Waals surface area contributed by atoms with E-state index in [2.05, 4.69) is 78.8 Å². The van der Waals surface area contributed by atoms with Crippen molar-refractivity contribution in [1.82, 2.24) is 4.90 Å². The maximum Gasteiger partial charge on any atom is 0.328 e. The van der Waals surface area contributed by atoms with Crippen LogP contribution in [-0.4, -0.2) is 53.0 Å². The summed E-state index contributed by atoms with van der Waals surface area (Å²) in [6, 6.07) is 22.1. The molecule has 37 heavy (non-hydrogen) atoms. The van der Waals surface area contributed by atoms with Crippen LogP contribution in [-0.2, 0) is 9.59 Å². The second kappa shape index (κ2) is 17.9. The number of carboxylic acid groups (broad SMARTS) is 2. The van der Waals surface area contributed by atoms with Gasteiger partial charge in [0.25, 0.3) is 0 Å². The summed E-state index contributed by atoms with van der Waals surface area (Å²) >= 11 is 0. The van der Waals surface area contributed by atoms with E-state index in [1.54, 1.807) is 0 Å². The van der Waals surface area contributed by atoms with Crippen molar-refractivity contribution in [3.63, 3.8) is 0 Å². The summed E-state index contributed by atoms with van der Waals surface area (Å²) in [5.41, 5.74) is 2.91. The van der Waals surface area contributed by atoms with Gasteiger partial charge in [-0.2, -0.15) is 0 Å². The Kier molecular flexibility index (Phi) is 14.4. The van der Waals surface area contributed by atoms with Crippen LogP contribution < -0.4 is 0 Å². The fourth-order valence-corrected chi connectivity index (χ4v) is 4.72. The third kappa shape index (κ3) is 12.4. The lowest BCUT2D eigenvalue weighted by Gasteiger charge is -2.36. The maximum absolute atomic E-state index is 9.55. The number of aliphatic carboxylic acids is 2. The maximum atomic E-state index is 9.55. The first kappa shape index (κ1) is 29.8. The van der Waals surface area contributed by atoms with Gasteiger partial charge in [-0.25, -0.2) is 9.59 Å². The van der Waals surface area contributed by atoms with Gasteiger partial charge < -0.3 is 15.1 Å². The Balaban J connectivity index is 0.000000521. The van der Waals surface area contributed by atoms with E-state index in [4.69, 9.17) is 15.2 Å². The molecule has 200 valence electrons. The molecule has 2 aromatic rings. The molecule has 0 spiro atoms. The van der Waals surface area contributed by atoms with Crippen LogP contribution in [0, 0.1) is 5.92 Å². The molecule has 6 nitrogen and oxygen atoms in total. The highest BCUT2D eigenvalue weighted by atomic mass is 16.4. The first-order chi connectivity index (χ1) is 18.0. The van der Waals surface area contributed by atoms with Gasteiger partial charge in [0.15, 0.2) is 0 Å². The van der Waals surface area contributed by atoms with Crippen LogP contribution in [0.15, 0.2) is 77.8 Å². The van der Waals surface area contributed by atoms with Crippen molar-refractivity contribution in [2.24, 2.45) is 10.9 Å². The van der Waals surface area contributed by atoms with Gasteiger partial charge in [0.05, 0.1) is 6.34 Å². The number of carboxylic acids is 2. The number of carbonyl (C=O) groups is 2. The predicted octanol–water partition coefficient (Wildman–Crippen LogP) is 6.63. The van der Waals surface area contributed by atoms with E-state index in [1.165, 1.54) is 62.5 Å². The van der Waals surface area contributed by atoms with Gasteiger partial charge in [-0.1, -0.05) is 99.7 Å². The Morgan fingerprint density at radius 2 is 1.32 bits per heavy atom. The van der Waals surface area contributed by atoms with Crippen LogP contribution in [0.25, 0.3) is 0 Å². The Morgan fingerprint density at radius 1 is 0.838 bits per heavy atom. The van der Waals surface area contributed by atoms with Crippen LogP contribution in [0.5, 0.6) is 0 Å². The first-order valence-electron chi connectivity index (χ1n) is 13.5. The van der Waals surface area contributed by atoms with E-state index in [0.717, 1.165) is 19.6 Å². The number of aliphatic imine (C=N–C) groups is 1. The summed E-state index contributed by atoms with van der Waals surface area (Å²) in [6.45, 7) is 5.51. The van der Waals surface area contributed by atoms with Crippen molar-refractivity contribution in [3.8, 4) is 0 Å². The summed E-state index contributed by atoms with van der Waals surface area (Å²) in [6.07, 6.45) is 13.7. The number of hydrogen-bond acceptors (Lipinski definition) is 3. The van der Waals surface area contributed by atoms with Crippen LogP contribution in [0.1, 0.15) is 75.3 Å². The summed E-state index contributed by atoms with van der Waals surface area (Å²) in [7, 11) is 0. The summed E-state index contributed by atoms with van der Waals surface area (Å²) < 4.78 is 0. The highest BCUT2D eigenvalue weighted by Crippen LogP contribution is 2.37. The molecule has 1 saturated heterocycles. The molecule has 2 N–H and O–H groups in total. The molecule has 2 aromatic carbocycles. The minimum Gasteiger partial charge on any atom is -0.478 e. The van der Waals surface area contributed by atoms with E-state index in [-0.39, 0.29) is 0 Å². The standard InChI is InChI=1S/C27H38N2.C4H4O4/c1-2-3-4-5-6-13-20-28-23-29-21-18-26(19-22-29)27(24-14-9-7-10-15-24)25-16-11-8-12-17-25;5-3(6)1-2-4(7)8/h7-12,14-17,23,26-27H,2-6,13,18-22H2,1H3;1-2H,(H,5,6)(H,7,8). The van der Waals surface area contributed by atoms with Gasteiger partial charge in [-0.15, -0.1) is 0 Å². The predicted molar refractivity (Wildman–Crippen MR) is 150 cm³/mol. The molecule has 0 unspecified atom stereocenters. The summed E-state index contributed by atoms with van der Waals surface area (Å²) in [4.78, 5) is 26.2. The number of rotatable bonds is 13. The Bertz CT molecular complexity index is 896. The van der Waals surface area contributed by atoms with Gasteiger partial charge in [0.1, 0.15) is 0 Å². The molecule has 6 heteroatoms. The van der Waals surface area contributed by atoms with E-state index < -0.39 is 11.9 Å². The number of benzene rings is 2. The molecule has 0 atom stereocenters. The van der Waals surface area contributed by atoms with Crippen molar-refractivity contribution in [2.75, 3.05) is 19.6 Å². The quantitative estimate of drug-likeness (QED) is 0.138. The average molecular weight is 507 g/mol. The van der Waals surface area contributed by atoms with Gasteiger partial charge in [-0.3, -0.25) is 4.99 Å². The molecule has 0 aliphatic carbocycles. The summed E-state index contributed by atoms with van der Waals surface area (Å²) in [5, 5.41) is 15.6. The van der Waals surface area contributed by atoms with Crippen molar-refractivity contribution in [1.29, 1.82) is 0 Å². The Labute approximate surface area is 221 Å². The molecule has 3 rings (SSSR count). The monoisotopic (exact) mass is 506 g/mol. The second-order valence-corrected chi connectivity index (χ2v) is 9.47. The van der Waals surface area contributed by atoms with E-state index in [9.17, 15) is 9.59 Å². The SMILES string of the molecule is CCCCCCCCN=CN1CCC(C(c2ccccc2)c2ccccc2)CC1.O=C(O)C=CC(=O)O. The highest BCUT2D eigenvalue weighted by Gasteiger charge is 2.28. The lowest BCUT2D eigenvalue weighted by Crippen LogP contribution is -2.35. The largest absolute Gasteiger partial charge is 0.478 e. The van der Waals surface area contributed by atoms with Gasteiger partial charge >= 0.3 is 11.9 Å². The zero-order valence-corrected chi connectivity index (χ0v) is 22.0. The molecule has 0 saturated carbocycles. The lowest BCUT2D eigenvalue weighted by molar-refractivity contribution is -0.134. The number of likely N-dealkylation sites (tertiary alicyclic amines) is 1. The zero-order valence-electron chi connectivity index (χ0n) is 22.0. The average Bonchev–Trinajstić information content (AvgIpc) is 2.92. The normalized spacial score (nSPS) is 14.2. The van der Waals surface area contributed by atoms with E-state index >= 15 is 0 Å². The van der Waals surface area contributed by atoms with Crippen LogP contribution in [0.4, 0.5) is 0 Å². The number of hydrogen-bond donors (Lipinski definition) is 2. The zero-order chi connectivity index (χ0) is 26.7. The lowest BCUT2D eigenvalue weighted by atomic mass is 9.76. The number of unbranched alkanes of at least 4 members (excludes halogenated alkanes) is 5. The molecule has 1 fully saturated rings. The minimum absolute atomic E-state index is 0.500. The smallest absolute Gasteiger partial charge is 0.328 e. The van der Waals surface area contributed by atoms with E-state index in [0.29, 0.717) is 24.0 Å². The number of piperidine rings is 1. The van der Waals surface area contributed by atoms with Gasteiger partial charge in [0.2, 0.25) is 0 Å². The third-order valence-corrected chi connectivity index (χ3v) is 6.62. The van der Waals surface area contributed by atoms with Crippen molar-refractivity contribution < 1.29 is 19.8 Å². The van der Waals surface area contributed by atoms with Crippen LogP contribution >= 0.6 is 0 Å². The van der Waals surface area contributed by atoms with E-state index in [1.807, 2.05) is 0 Å². The fraction of sp³-hybridized carbons (Fsp3) is 0.452. The first-order valence-corrected chi connectivity index (χ1v) is 13.5. The van der Waals surface area contributed by atoms with Gasteiger partial charge in [-0.05, 0) is 36.3 Å². The molecular weight excluding hydrogens is 464 g/mol. The molecule has 1 heterocycles. The molecule has 1 aliphatic heterocycles. The van der Waals surface area contributed by atoms with Gasteiger partial charge in [0, 0.05) is 37.7 Å². The Hall–Kier alpha value is -3.41. The molecule has 0 aromatic heterocycles. The van der Waals surface area contributed by atoms with Crippen LogP contribution in [0.2, 0.25) is 0 Å². The van der Waals surface area contributed by atoms with Crippen molar-refractivity contribution in [2.45, 2.75) is 64.2 Å². The minimum atomic E-state index is -1.26. The second-order valence-electron chi connectivity index (χ2n) is 9.47. The molecule has 0 bridgehead atoms. The summed E-state index contributed by atoms with van der Waals surface area (Å²) in [5.74, 6) is -1.32.